The molecule has 8 heteroatoms. The third-order valence-corrected chi connectivity index (χ3v) is 4.23. The second-order valence-electron chi connectivity index (χ2n) is 6.00. The van der Waals surface area contributed by atoms with E-state index in [2.05, 4.69) is 4.99 Å². The Balaban J connectivity index is 2.09. The summed E-state index contributed by atoms with van der Waals surface area (Å²) in [6.07, 6.45) is 2.92. The Morgan fingerprint density at radius 1 is 1.26 bits per heavy atom. The average Bonchev–Trinajstić information content (AvgIpc) is 2.86. The van der Waals surface area contributed by atoms with Gasteiger partial charge in [0.2, 0.25) is 0 Å². The van der Waals surface area contributed by atoms with Gasteiger partial charge < -0.3 is 15.6 Å². The Morgan fingerprint density at radius 2 is 1.96 bits per heavy atom. The van der Waals surface area contributed by atoms with Crippen LogP contribution in [0.2, 0.25) is 0 Å². The van der Waals surface area contributed by atoms with Crippen molar-refractivity contribution in [2.24, 2.45) is 17.8 Å². The maximum absolute atomic E-state index is 13.0. The standard InChI is InChI=1S/C19H21N5O3/c1-12-18(19(26)24(23(12)2)13-6-4-3-5-7-13)22-16-11-17(27-9-8-25)15(21)10-14(16)20/h3-7,10-11,21,25H,8-9,20H2,1-2H3/b21-15?,22-16+. The molecule has 8 nitrogen and oxygen atoms in total. The smallest absolute Gasteiger partial charge is 0.297 e. The molecule has 0 saturated carbocycles. The van der Waals surface area contributed by atoms with Crippen LogP contribution in [0.1, 0.15) is 5.69 Å². The quantitative estimate of drug-likeness (QED) is 0.691. The molecule has 0 radical (unpaired) electrons. The van der Waals surface area contributed by atoms with Crippen molar-refractivity contribution in [2.45, 2.75) is 6.92 Å². The van der Waals surface area contributed by atoms with Gasteiger partial charge >= 0.3 is 0 Å². The molecule has 0 unspecified atom stereocenters. The fourth-order valence-corrected chi connectivity index (χ4v) is 2.76. The average molecular weight is 367 g/mol. The SMILES string of the molecule is Cc1c(/N=C2\C=C(OCCO)C(=N)C=C2N)c(=O)n(-c2ccccc2)n1C. The Morgan fingerprint density at radius 3 is 2.63 bits per heavy atom. The van der Waals surface area contributed by atoms with Crippen LogP contribution in [0.25, 0.3) is 5.69 Å². The zero-order valence-corrected chi connectivity index (χ0v) is 15.1. The molecule has 4 N–H and O–H groups in total. The molecule has 3 rings (SSSR count). The van der Waals surface area contributed by atoms with Crippen LogP contribution in [0.3, 0.4) is 0 Å². The van der Waals surface area contributed by atoms with Crippen LogP contribution in [0.15, 0.2) is 63.7 Å². The molecule has 1 aliphatic carbocycles. The first-order valence-electron chi connectivity index (χ1n) is 8.38. The largest absolute Gasteiger partial charge is 0.489 e. The second kappa shape index (κ2) is 7.46. The van der Waals surface area contributed by atoms with Crippen molar-refractivity contribution in [1.29, 1.82) is 5.41 Å². The molecular weight excluding hydrogens is 346 g/mol. The normalized spacial score (nSPS) is 15.7. The van der Waals surface area contributed by atoms with Crippen molar-refractivity contribution in [2.75, 3.05) is 13.2 Å². The number of nitrogens with two attached hydrogens (primary N) is 1. The highest BCUT2D eigenvalue weighted by atomic mass is 16.5. The van der Waals surface area contributed by atoms with Crippen LogP contribution in [0.4, 0.5) is 5.69 Å². The molecule has 0 bridgehead atoms. The number of aliphatic imine (C=N–C) groups is 1. The monoisotopic (exact) mass is 367 g/mol. The zero-order valence-electron chi connectivity index (χ0n) is 15.1. The molecule has 0 saturated heterocycles. The Hall–Kier alpha value is -3.39. The van der Waals surface area contributed by atoms with Crippen LogP contribution in [-0.4, -0.2) is 39.1 Å². The van der Waals surface area contributed by atoms with Crippen molar-refractivity contribution in [3.63, 3.8) is 0 Å². The van der Waals surface area contributed by atoms with Crippen molar-refractivity contribution in [1.82, 2.24) is 9.36 Å². The van der Waals surface area contributed by atoms with Gasteiger partial charge in [-0.15, -0.1) is 0 Å². The van der Waals surface area contributed by atoms with Gasteiger partial charge in [0.25, 0.3) is 5.56 Å². The summed E-state index contributed by atoms with van der Waals surface area (Å²) in [6.45, 7) is 1.69. The van der Waals surface area contributed by atoms with E-state index in [4.69, 9.17) is 21.0 Å². The number of benzene rings is 1. The summed E-state index contributed by atoms with van der Waals surface area (Å²) < 4.78 is 8.60. The number of aliphatic hydroxyl groups excluding tert-OH is 1. The first-order chi connectivity index (χ1) is 12.9. The number of nitrogens with zero attached hydrogens (tertiary/aromatic N) is 3. The summed E-state index contributed by atoms with van der Waals surface area (Å²) in [6, 6.07) is 9.28. The molecule has 0 atom stereocenters. The molecule has 1 aromatic heterocycles. The molecule has 0 amide bonds. The van der Waals surface area contributed by atoms with Gasteiger partial charge in [-0.1, -0.05) is 18.2 Å². The van der Waals surface area contributed by atoms with E-state index in [1.807, 2.05) is 30.3 Å². The summed E-state index contributed by atoms with van der Waals surface area (Å²) in [5, 5.41) is 16.8. The van der Waals surface area contributed by atoms with Gasteiger partial charge in [-0.25, -0.2) is 9.67 Å². The first kappa shape index (κ1) is 18.4. The van der Waals surface area contributed by atoms with Crippen LogP contribution >= 0.6 is 0 Å². The van der Waals surface area contributed by atoms with Gasteiger partial charge in [-0.05, 0) is 25.1 Å². The summed E-state index contributed by atoms with van der Waals surface area (Å²) in [5.41, 5.74) is 8.09. The van der Waals surface area contributed by atoms with E-state index in [9.17, 15) is 4.79 Å². The topological polar surface area (TPSA) is 119 Å². The molecule has 0 spiro atoms. The minimum absolute atomic E-state index is 0.0560. The third kappa shape index (κ3) is 3.47. The molecule has 140 valence electrons. The maximum Gasteiger partial charge on any atom is 0.297 e. The molecule has 0 aliphatic heterocycles. The van der Waals surface area contributed by atoms with E-state index in [0.717, 1.165) is 5.69 Å². The number of allylic oxidation sites excluding steroid dienone is 2. The zero-order chi connectivity index (χ0) is 19.6. The lowest BCUT2D eigenvalue weighted by molar-refractivity contribution is 0.156. The molecule has 1 aliphatic rings. The number of rotatable bonds is 5. The van der Waals surface area contributed by atoms with Crippen molar-refractivity contribution >= 4 is 17.1 Å². The van der Waals surface area contributed by atoms with E-state index < -0.39 is 0 Å². The van der Waals surface area contributed by atoms with E-state index in [0.29, 0.717) is 11.4 Å². The van der Waals surface area contributed by atoms with Gasteiger partial charge in [0.05, 0.1) is 35.1 Å². The minimum atomic E-state index is -0.270. The highest BCUT2D eigenvalue weighted by molar-refractivity contribution is 6.22. The molecule has 2 aromatic rings. The van der Waals surface area contributed by atoms with Gasteiger partial charge in [-0.2, -0.15) is 0 Å². The number of aromatic nitrogens is 2. The van der Waals surface area contributed by atoms with Gasteiger partial charge in [0, 0.05) is 13.1 Å². The van der Waals surface area contributed by atoms with Crippen LogP contribution < -0.4 is 11.3 Å². The summed E-state index contributed by atoms with van der Waals surface area (Å²) >= 11 is 0. The van der Waals surface area contributed by atoms with E-state index >= 15 is 0 Å². The number of aliphatic hydroxyl groups is 1. The molecule has 1 aromatic carbocycles. The number of ether oxygens (including phenoxy) is 1. The van der Waals surface area contributed by atoms with Crippen molar-refractivity contribution < 1.29 is 9.84 Å². The number of nitrogens with one attached hydrogen (secondary N) is 1. The maximum atomic E-state index is 13.0. The van der Waals surface area contributed by atoms with Crippen LogP contribution in [0, 0.1) is 12.3 Å². The Labute approximate surface area is 156 Å². The second-order valence-corrected chi connectivity index (χ2v) is 6.00. The van der Waals surface area contributed by atoms with Crippen LogP contribution in [-0.2, 0) is 11.8 Å². The predicted octanol–water partition coefficient (Wildman–Crippen LogP) is 1.33. The Kier molecular flexibility index (Phi) is 5.09. The third-order valence-electron chi connectivity index (χ3n) is 4.23. The molecular formula is C19H21N5O3. The highest BCUT2D eigenvalue weighted by Crippen LogP contribution is 2.20. The fraction of sp³-hybridized carbons (Fsp3) is 0.211. The van der Waals surface area contributed by atoms with Crippen LogP contribution in [0.5, 0.6) is 0 Å². The number of hydrogen-bond acceptors (Lipinski definition) is 6. The van der Waals surface area contributed by atoms with E-state index in [1.165, 1.54) is 16.8 Å². The lowest BCUT2D eigenvalue weighted by Crippen LogP contribution is -2.21. The number of para-hydroxylation sites is 1. The van der Waals surface area contributed by atoms with Crippen molar-refractivity contribution in [3.05, 3.63) is 70.0 Å². The first-order valence-corrected chi connectivity index (χ1v) is 8.38. The number of hydrogen-bond donors (Lipinski definition) is 3. The summed E-state index contributed by atoms with van der Waals surface area (Å²) in [7, 11) is 1.79. The summed E-state index contributed by atoms with van der Waals surface area (Å²) in [5.74, 6) is 0.244. The molecule has 27 heavy (non-hydrogen) atoms. The van der Waals surface area contributed by atoms with Gasteiger partial charge in [0.15, 0.2) is 5.69 Å². The lowest BCUT2D eigenvalue weighted by atomic mass is 10.1. The lowest BCUT2D eigenvalue weighted by Gasteiger charge is -2.14. The molecule has 0 fully saturated rings. The minimum Gasteiger partial charge on any atom is -0.489 e. The van der Waals surface area contributed by atoms with Gasteiger partial charge in [-0.3, -0.25) is 14.9 Å². The highest BCUT2D eigenvalue weighted by Gasteiger charge is 2.20. The van der Waals surface area contributed by atoms with E-state index in [-0.39, 0.29) is 41.6 Å². The van der Waals surface area contributed by atoms with Gasteiger partial charge in [0.1, 0.15) is 12.4 Å². The summed E-state index contributed by atoms with van der Waals surface area (Å²) in [4.78, 5) is 17.4. The van der Waals surface area contributed by atoms with Crippen molar-refractivity contribution in [3.8, 4) is 5.69 Å². The Bertz CT molecular complexity index is 1030. The fourth-order valence-electron chi connectivity index (χ4n) is 2.76. The predicted molar refractivity (Wildman–Crippen MR) is 104 cm³/mol. The van der Waals surface area contributed by atoms with E-state index in [1.54, 1.807) is 18.7 Å². The molecule has 1 heterocycles.